The number of nitrogens with one attached hydrogen (secondary N) is 1. The van der Waals surface area contributed by atoms with Crippen LogP contribution in [0.2, 0.25) is 0 Å². The lowest BCUT2D eigenvalue weighted by Gasteiger charge is -2.53. The molecule has 0 spiro atoms. The van der Waals surface area contributed by atoms with Crippen molar-refractivity contribution in [3.05, 3.63) is 35.5 Å². The van der Waals surface area contributed by atoms with E-state index in [-0.39, 0.29) is 17.8 Å². The molecule has 2 fully saturated rings. The molecule has 1 aromatic rings. The fourth-order valence-electron chi connectivity index (χ4n) is 2.61. The van der Waals surface area contributed by atoms with Gasteiger partial charge in [0.15, 0.2) is 0 Å². The normalized spacial score (nSPS) is 29.0. The summed E-state index contributed by atoms with van der Waals surface area (Å²) >= 11 is 2.56. The lowest BCUT2D eigenvalue weighted by molar-refractivity contribution is -0.151. The molecule has 0 radical (unpaired) electrons. The van der Waals surface area contributed by atoms with Crippen LogP contribution < -0.4 is 5.32 Å². The zero-order chi connectivity index (χ0) is 17.2. The number of β-lactam (4-membered cyclic amide) rings is 1. The van der Waals surface area contributed by atoms with Crippen LogP contribution in [0.4, 0.5) is 0 Å². The maximum atomic E-state index is 12.1. The number of carboxylic acids is 1. The largest absolute Gasteiger partial charge is 0.480 e. The summed E-state index contributed by atoms with van der Waals surface area (Å²) in [6, 6.07) is 4.93. The van der Waals surface area contributed by atoms with Gasteiger partial charge in [0.05, 0.1) is 5.69 Å². The van der Waals surface area contributed by atoms with Crippen molar-refractivity contribution in [3.63, 3.8) is 0 Å². The topological polar surface area (TPSA) is 99.6 Å². The monoisotopic (exact) mass is 365 g/mol. The molecular weight excluding hydrogens is 350 g/mol. The molecule has 0 saturated carbocycles. The van der Waals surface area contributed by atoms with Gasteiger partial charge in [0.25, 0.3) is 0 Å². The van der Waals surface area contributed by atoms with E-state index >= 15 is 0 Å². The van der Waals surface area contributed by atoms with Crippen molar-refractivity contribution in [1.29, 1.82) is 0 Å². The summed E-state index contributed by atoms with van der Waals surface area (Å²) in [6.45, 7) is 0.118. The number of carbonyl (C=O) groups excluding carboxylic acids is 2. The molecule has 3 atom stereocenters. The van der Waals surface area contributed by atoms with Crippen LogP contribution >= 0.6 is 23.5 Å². The van der Waals surface area contributed by atoms with Crippen molar-refractivity contribution in [1.82, 2.24) is 15.2 Å². The number of carboxylic acid groups (broad SMARTS) is 1. The number of nitrogens with zero attached hydrogens (tertiary/aromatic N) is 2. The predicted molar refractivity (Wildman–Crippen MR) is 92.2 cm³/mol. The lowest BCUT2D eigenvalue weighted by atomic mass is 10.0. The average Bonchev–Trinajstić information content (AvgIpc) is 2.60. The average molecular weight is 365 g/mol. The van der Waals surface area contributed by atoms with E-state index in [1.54, 1.807) is 23.7 Å². The Morgan fingerprint density at radius 2 is 2.38 bits per heavy atom. The summed E-state index contributed by atoms with van der Waals surface area (Å²) < 4.78 is -1.10. The molecule has 24 heavy (non-hydrogen) atoms. The van der Waals surface area contributed by atoms with E-state index in [1.165, 1.54) is 28.4 Å². The molecule has 3 rings (SSSR count). The van der Waals surface area contributed by atoms with Crippen LogP contribution in [0.3, 0.4) is 0 Å². The van der Waals surface area contributed by atoms with Crippen molar-refractivity contribution in [2.75, 3.05) is 12.3 Å². The number of aromatic nitrogens is 1. The Morgan fingerprint density at radius 1 is 1.54 bits per heavy atom. The molecule has 2 unspecified atom stereocenters. The second-order valence-corrected chi connectivity index (χ2v) is 7.80. The minimum atomic E-state index is -1.10. The molecular formula is C15H15N3O4S2. The molecule has 2 saturated heterocycles. The Balaban J connectivity index is 1.70. The molecule has 0 aromatic carbocycles. The Bertz CT molecular complexity index is 685. The van der Waals surface area contributed by atoms with Crippen LogP contribution in [0.1, 0.15) is 5.69 Å². The number of hydrogen-bond acceptors (Lipinski definition) is 6. The van der Waals surface area contributed by atoms with E-state index in [1.807, 2.05) is 12.1 Å². The summed E-state index contributed by atoms with van der Waals surface area (Å²) in [5.74, 6) is -0.839. The van der Waals surface area contributed by atoms with Gasteiger partial charge in [-0.15, -0.1) is 23.5 Å². The zero-order valence-electron chi connectivity index (χ0n) is 12.5. The standard InChI is InChI=1S/C15H15N3O4S2/c19-9-17-11-12(20)18-7-15(14(21)22,8-23-13(11)18)24-6-4-10-3-1-2-5-16-10/h1-6,9,11,13H,7-8H2,(H,17,19)(H,21,22)/t11?,13-,15?/m1/s1. The van der Waals surface area contributed by atoms with Crippen molar-refractivity contribution < 1.29 is 19.5 Å². The smallest absolute Gasteiger partial charge is 0.322 e. The van der Waals surface area contributed by atoms with Gasteiger partial charge < -0.3 is 15.3 Å². The Morgan fingerprint density at radius 3 is 3.04 bits per heavy atom. The number of carbonyl (C=O) groups is 3. The minimum Gasteiger partial charge on any atom is -0.480 e. The molecule has 7 nitrogen and oxygen atoms in total. The summed E-state index contributed by atoms with van der Waals surface area (Å²) in [4.78, 5) is 40.1. The fourth-order valence-corrected chi connectivity index (χ4v) is 5.26. The van der Waals surface area contributed by atoms with Crippen LogP contribution in [0, 0.1) is 0 Å². The highest BCUT2D eigenvalue weighted by Crippen LogP contribution is 2.44. The predicted octanol–water partition coefficient (Wildman–Crippen LogP) is 0.639. The number of hydrogen-bond donors (Lipinski definition) is 2. The highest BCUT2D eigenvalue weighted by Gasteiger charge is 2.57. The third-order valence-electron chi connectivity index (χ3n) is 3.91. The first-order valence-corrected chi connectivity index (χ1v) is 9.11. The van der Waals surface area contributed by atoms with E-state index < -0.39 is 16.8 Å². The minimum absolute atomic E-state index is 0.118. The molecule has 1 aromatic heterocycles. The quantitative estimate of drug-likeness (QED) is 0.564. The molecule has 2 aliphatic rings. The zero-order valence-corrected chi connectivity index (χ0v) is 14.1. The van der Waals surface area contributed by atoms with Gasteiger partial charge in [-0.05, 0) is 23.6 Å². The van der Waals surface area contributed by atoms with Gasteiger partial charge in [0.1, 0.15) is 16.2 Å². The molecule has 2 N–H and O–H groups in total. The Hall–Kier alpha value is -2.00. The maximum absolute atomic E-state index is 12.1. The molecule has 2 amide bonds. The SMILES string of the molecule is O=CNC1C(=O)N2CC(SC=Cc3ccccn3)(C(=O)O)CS[C@H]12. The Kier molecular flexibility index (Phi) is 4.81. The number of thioether (sulfide) groups is 2. The van der Waals surface area contributed by atoms with Crippen molar-refractivity contribution in [2.24, 2.45) is 0 Å². The molecule has 126 valence electrons. The van der Waals surface area contributed by atoms with E-state index in [0.717, 1.165) is 5.69 Å². The second kappa shape index (κ2) is 6.86. The first kappa shape index (κ1) is 16.8. The number of aliphatic carboxylic acids is 1. The summed E-state index contributed by atoms with van der Waals surface area (Å²) in [6.07, 6.45) is 3.92. The second-order valence-electron chi connectivity index (χ2n) is 5.40. The van der Waals surface area contributed by atoms with Gasteiger partial charge in [0.2, 0.25) is 12.3 Å². The first-order valence-electron chi connectivity index (χ1n) is 7.18. The molecule has 0 bridgehead atoms. The lowest BCUT2D eigenvalue weighted by Crippen LogP contribution is -2.73. The van der Waals surface area contributed by atoms with Gasteiger partial charge in [-0.25, -0.2) is 0 Å². The van der Waals surface area contributed by atoms with Gasteiger partial charge in [-0.1, -0.05) is 6.07 Å². The van der Waals surface area contributed by atoms with E-state index in [4.69, 9.17) is 0 Å². The van der Waals surface area contributed by atoms with E-state index in [9.17, 15) is 19.5 Å². The molecule has 9 heteroatoms. The summed E-state index contributed by atoms with van der Waals surface area (Å²) in [7, 11) is 0. The number of fused-ring (bicyclic) bond motifs is 1. The fraction of sp³-hybridized carbons (Fsp3) is 0.333. The third-order valence-corrected chi connectivity index (χ3v) is 6.79. The van der Waals surface area contributed by atoms with Gasteiger partial charge in [-0.3, -0.25) is 19.4 Å². The maximum Gasteiger partial charge on any atom is 0.322 e. The van der Waals surface area contributed by atoms with Crippen molar-refractivity contribution in [2.45, 2.75) is 16.2 Å². The summed E-state index contributed by atoms with van der Waals surface area (Å²) in [5, 5.41) is 13.7. The van der Waals surface area contributed by atoms with Gasteiger partial charge in [0, 0.05) is 18.5 Å². The third kappa shape index (κ3) is 3.01. The van der Waals surface area contributed by atoms with Gasteiger partial charge in [-0.2, -0.15) is 0 Å². The molecule has 3 heterocycles. The Labute approximate surface area is 146 Å². The number of amides is 2. The van der Waals surface area contributed by atoms with E-state index in [2.05, 4.69) is 10.3 Å². The van der Waals surface area contributed by atoms with Gasteiger partial charge >= 0.3 is 5.97 Å². The summed E-state index contributed by atoms with van der Waals surface area (Å²) in [5.41, 5.74) is 0.738. The van der Waals surface area contributed by atoms with E-state index in [0.29, 0.717) is 12.2 Å². The number of pyridine rings is 1. The van der Waals surface area contributed by atoms with Crippen molar-refractivity contribution >= 4 is 47.9 Å². The van der Waals surface area contributed by atoms with Crippen LogP contribution in [0.25, 0.3) is 6.08 Å². The molecule has 0 aliphatic carbocycles. The first-order chi connectivity index (χ1) is 11.6. The van der Waals surface area contributed by atoms with Crippen LogP contribution in [-0.4, -0.2) is 61.7 Å². The van der Waals surface area contributed by atoms with Crippen LogP contribution in [0.15, 0.2) is 29.8 Å². The highest BCUT2D eigenvalue weighted by atomic mass is 32.2. The van der Waals surface area contributed by atoms with Crippen LogP contribution in [-0.2, 0) is 14.4 Å². The highest BCUT2D eigenvalue weighted by molar-refractivity contribution is 8.06. The number of rotatable bonds is 6. The van der Waals surface area contributed by atoms with Crippen LogP contribution in [0.5, 0.6) is 0 Å². The van der Waals surface area contributed by atoms with Crippen molar-refractivity contribution in [3.8, 4) is 0 Å². The molecule has 2 aliphatic heterocycles.